The summed E-state index contributed by atoms with van der Waals surface area (Å²) in [5.41, 5.74) is 1.03. The van der Waals surface area contributed by atoms with E-state index in [1.165, 1.54) is 19.2 Å². The molecule has 0 radical (unpaired) electrons. The number of hydrogen-bond donors (Lipinski definition) is 0. The lowest BCUT2D eigenvalue weighted by Crippen LogP contribution is -2.42. The maximum absolute atomic E-state index is 13.1. The summed E-state index contributed by atoms with van der Waals surface area (Å²) in [5, 5.41) is 1.80. The first-order valence-corrected chi connectivity index (χ1v) is 12.5. The van der Waals surface area contributed by atoms with E-state index in [0.717, 1.165) is 33.6 Å². The molecule has 0 unspecified atom stereocenters. The van der Waals surface area contributed by atoms with Gasteiger partial charge in [-0.05, 0) is 47.0 Å². The molecule has 0 bridgehead atoms. The molecule has 8 heteroatoms. The van der Waals surface area contributed by atoms with Crippen molar-refractivity contribution in [2.24, 2.45) is 0 Å². The van der Waals surface area contributed by atoms with Gasteiger partial charge in [0.1, 0.15) is 5.82 Å². The summed E-state index contributed by atoms with van der Waals surface area (Å²) in [6.07, 6.45) is 0.800. The van der Waals surface area contributed by atoms with Gasteiger partial charge in [-0.2, -0.15) is 4.31 Å². The van der Waals surface area contributed by atoms with Crippen molar-refractivity contribution >= 4 is 26.7 Å². The summed E-state index contributed by atoms with van der Waals surface area (Å²) >= 11 is 0. The van der Waals surface area contributed by atoms with Crippen molar-refractivity contribution in [1.82, 2.24) is 14.1 Å². The maximum Gasteiger partial charge on any atom is 0.243 e. The number of benzene rings is 3. The number of nitrogens with zero attached hydrogens (tertiary/aromatic N) is 3. The Morgan fingerprint density at radius 1 is 0.939 bits per heavy atom. The molecule has 4 rings (SSSR count). The Morgan fingerprint density at radius 3 is 2.42 bits per heavy atom. The van der Waals surface area contributed by atoms with Gasteiger partial charge in [-0.25, -0.2) is 12.8 Å². The number of sulfonamides is 1. The molecule has 1 aliphatic rings. The fraction of sp³-hybridized carbons (Fsp3) is 0.320. The number of amides is 1. The third-order valence-electron chi connectivity index (χ3n) is 6.05. The van der Waals surface area contributed by atoms with Crippen LogP contribution < -0.4 is 0 Å². The minimum atomic E-state index is -3.78. The van der Waals surface area contributed by atoms with Gasteiger partial charge in [0.15, 0.2) is 0 Å². The Balaban J connectivity index is 1.37. The molecule has 3 aromatic carbocycles. The third-order valence-corrected chi connectivity index (χ3v) is 7.85. The highest BCUT2D eigenvalue weighted by Gasteiger charge is 2.26. The number of rotatable bonds is 6. The minimum Gasteiger partial charge on any atom is -0.340 e. The molecule has 174 valence electrons. The predicted molar refractivity (Wildman–Crippen MR) is 127 cm³/mol. The number of likely N-dealkylation sites (N-methyl/N-ethyl adjacent to an activating group) is 1. The molecule has 0 aromatic heterocycles. The Morgan fingerprint density at radius 2 is 1.67 bits per heavy atom. The second-order valence-electron chi connectivity index (χ2n) is 8.41. The zero-order valence-corrected chi connectivity index (χ0v) is 19.5. The van der Waals surface area contributed by atoms with Crippen LogP contribution in [-0.2, 0) is 21.4 Å². The van der Waals surface area contributed by atoms with E-state index >= 15 is 0 Å². The highest BCUT2D eigenvalue weighted by atomic mass is 32.2. The fourth-order valence-electron chi connectivity index (χ4n) is 4.11. The molecule has 0 atom stereocenters. The van der Waals surface area contributed by atoms with Crippen LogP contribution >= 0.6 is 0 Å². The Kier molecular flexibility index (Phi) is 7.07. The van der Waals surface area contributed by atoms with Crippen molar-refractivity contribution in [2.75, 3.05) is 39.8 Å². The van der Waals surface area contributed by atoms with Crippen molar-refractivity contribution < 1.29 is 17.6 Å². The van der Waals surface area contributed by atoms with Crippen LogP contribution in [0, 0.1) is 5.82 Å². The molecule has 3 aromatic rings. The SMILES string of the molecule is CN(CC(=O)N1CCCN(Cc2ccc(F)cc2)CC1)S(=O)(=O)c1ccc2ccccc2c1. The molecule has 1 amide bonds. The van der Waals surface area contributed by atoms with Gasteiger partial charge in [-0.3, -0.25) is 9.69 Å². The van der Waals surface area contributed by atoms with Gasteiger partial charge in [-0.15, -0.1) is 0 Å². The lowest BCUT2D eigenvalue weighted by Gasteiger charge is -2.24. The van der Waals surface area contributed by atoms with Gasteiger partial charge in [0.2, 0.25) is 15.9 Å². The maximum atomic E-state index is 13.1. The van der Waals surface area contributed by atoms with E-state index in [1.807, 2.05) is 24.3 Å². The molecular weight excluding hydrogens is 441 g/mol. The van der Waals surface area contributed by atoms with Gasteiger partial charge >= 0.3 is 0 Å². The summed E-state index contributed by atoms with van der Waals surface area (Å²) < 4.78 is 40.4. The summed E-state index contributed by atoms with van der Waals surface area (Å²) in [4.78, 5) is 17.1. The molecule has 0 spiro atoms. The second kappa shape index (κ2) is 9.99. The van der Waals surface area contributed by atoms with Gasteiger partial charge in [0, 0.05) is 39.8 Å². The molecule has 33 heavy (non-hydrogen) atoms. The average molecular weight is 470 g/mol. The average Bonchev–Trinajstić information content (AvgIpc) is 3.06. The van der Waals surface area contributed by atoms with E-state index < -0.39 is 10.0 Å². The van der Waals surface area contributed by atoms with Crippen LogP contribution in [-0.4, -0.2) is 68.2 Å². The number of carbonyl (C=O) groups excluding carboxylic acids is 1. The van der Waals surface area contributed by atoms with E-state index in [-0.39, 0.29) is 23.2 Å². The summed E-state index contributed by atoms with van der Waals surface area (Å²) in [5.74, 6) is -0.459. The molecule has 0 N–H and O–H groups in total. The lowest BCUT2D eigenvalue weighted by molar-refractivity contribution is -0.131. The molecule has 1 aliphatic heterocycles. The normalized spacial score (nSPS) is 15.7. The Labute approximate surface area is 194 Å². The molecule has 6 nitrogen and oxygen atoms in total. The third kappa shape index (κ3) is 5.58. The molecule has 0 saturated carbocycles. The second-order valence-corrected chi connectivity index (χ2v) is 10.5. The fourth-order valence-corrected chi connectivity index (χ4v) is 5.27. The van der Waals surface area contributed by atoms with Crippen LogP contribution in [0.2, 0.25) is 0 Å². The molecule has 1 fully saturated rings. The van der Waals surface area contributed by atoms with Crippen LogP contribution in [0.3, 0.4) is 0 Å². The van der Waals surface area contributed by atoms with Crippen molar-refractivity contribution in [3.8, 4) is 0 Å². The first-order chi connectivity index (χ1) is 15.8. The number of halogens is 1. The highest BCUT2D eigenvalue weighted by Crippen LogP contribution is 2.21. The van der Waals surface area contributed by atoms with E-state index in [9.17, 15) is 17.6 Å². The molecule has 0 aliphatic carbocycles. The van der Waals surface area contributed by atoms with Crippen molar-refractivity contribution in [2.45, 2.75) is 17.9 Å². The van der Waals surface area contributed by atoms with Crippen LogP contribution in [0.1, 0.15) is 12.0 Å². The van der Waals surface area contributed by atoms with Crippen LogP contribution in [0.15, 0.2) is 71.6 Å². The van der Waals surface area contributed by atoms with E-state index in [2.05, 4.69) is 4.90 Å². The van der Waals surface area contributed by atoms with Crippen molar-refractivity contribution in [1.29, 1.82) is 0 Å². The standard InChI is InChI=1S/C25H28FN3O3S/c1-27(33(31,32)24-12-9-21-5-2-3-6-22(21)17-24)19-25(30)29-14-4-13-28(15-16-29)18-20-7-10-23(26)11-8-20/h2-3,5-12,17H,4,13-16,18-19H2,1H3. The van der Waals surface area contributed by atoms with Crippen molar-refractivity contribution in [3.63, 3.8) is 0 Å². The number of fused-ring (bicyclic) bond motifs is 1. The Bertz CT molecular complexity index is 1230. The van der Waals surface area contributed by atoms with Crippen LogP contribution in [0.25, 0.3) is 10.8 Å². The summed E-state index contributed by atoms with van der Waals surface area (Å²) in [6, 6.07) is 19.0. The molecule has 1 saturated heterocycles. The highest BCUT2D eigenvalue weighted by molar-refractivity contribution is 7.89. The van der Waals surface area contributed by atoms with Crippen LogP contribution in [0.5, 0.6) is 0 Å². The largest absolute Gasteiger partial charge is 0.340 e. The zero-order valence-electron chi connectivity index (χ0n) is 18.7. The van der Waals surface area contributed by atoms with Gasteiger partial charge in [0.25, 0.3) is 0 Å². The quantitative estimate of drug-likeness (QED) is 0.556. The molecular formula is C25H28FN3O3S. The first-order valence-electron chi connectivity index (χ1n) is 11.0. The van der Waals surface area contributed by atoms with Gasteiger partial charge < -0.3 is 4.90 Å². The van der Waals surface area contributed by atoms with E-state index in [1.54, 1.807) is 35.2 Å². The molecule has 1 heterocycles. The van der Waals surface area contributed by atoms with Gasteiger partial charge in [-0.1, -0.05) is 42.5 Å². The first kappa shape index (κ1) is 23.4. The van der Waals surface area contributed by atoms with E-state index in [0.29, 0.717) is 26.2 Å². The van der Waals surface area contributed by atoms with E-state index in [4.69, 9.17) is 0 Å². The summed E-state index contributed by atoms with van der Waals surface area (Å²) in [6.45, 7) is 3.12. The minimum absolute atomic E-state index is 0.179. The lowest BCUT2D eigenvalue weighted by atomic mass is 10.1. The predicted octanol–water partition coefficient (Wildman–Crippen LogP) is 3.33. The van der Waals surface area contributed by atoms with Gasteiger partial charge in [0.05, 0.1) is 11.4 Å². The zero-order chi connectivity index (χ0) is 23.4. The van der Waals surface area contributed by atoms with Crippen LogP contribution in [0.4, 0.5) is 4.39 Å². The number of hydrogen-bond acceptors (Lipinski definition) is 4. The topological polar surface area (TPSA) is 60.9 Å². The number of carbonyl (C=O) groups is 1. The Hall–Kier alpha value is -2.81. The summed E-state index contributed by atoms with van der Waals surface area (Å²) in [7, 11) is -2.34. The monoisotopic (exact) mass is 469 g/mol. The van der Waals surface area contributed by atoms with Crippen molar-refractivity contribution in [3.05, 3.63) is 78.1 Å². The smallest absolute Gasteiger partial charge is 0.243 e.